The Morgan fingerprint density at radius 2 is 1.79 bits per heavy atom. The van der Waals surface area contributed by atoms with Crippen LogP contribution in [0.5, 0.6) is 0 Å². The number of nitrogens with zero attached hydrogens (tertiary/aromatic N) is 4. The van der Waals surface area contributed by atoms with Crippen LogP contribution >= 0.6 is 11.3 Å². The molecule has 0 fully saturated rings. The van der Waals surface area contributed by atoms with E-state index < -0.39 is 0 Å². The molecule has 2 N–H and O–H groups in total. The first-order valence-corrected chi connectivity index (χ1v) is 9.58. The van der Waals surface area contributed by atoms with Crippen LogP contribution in [0.3, 0.4) is 0 Å². The number of aromatic nitrogens is 4. The van der Waals surface area contributed by atoms with Crippen molar-refractivity contribution in [2.45, 2.75) is 6.92 Å². The molecule has 0 aliphatic carbocycles. The Kier molecular flexibility index (Phi) is 5.12. The van der Waals surface area contributed by atoms with E-state index >= 15 is 0 Å². The van der Waals surface area contributed by atoms with Gasteiger partial charge in [-0.25, -0.2) is 4.68 Å². The number of tetrazole rings is 1. The number of hydrogen-bond donors (Lipinski definition) is 2. The van der Waals surface area contributed by atoms with Crippen LogP contribution in [0.2, 0.25) is 0 Å². The fraction of sp³-hybridized carbons (Fsp3) is 0.0500. The summed E-state index contributed by atoms with van der Waals surface area (Å²) in [5, 5.41) is 18.7. The molecule has 2 heterocycles. The Bertz CT molecular complexity index is 1160. The van der Waals surface area contributed by atoms with Crippen molar-refractivity contribution in [2.24, 2.45) is 0 Å². The molecule has 2 amide bonds. The Morgan fingerprint density at radius 3 is 2.55 bits per heavy atom. The standard InChI is InChI=1S/C20H16N6O2S/c1-13-7-8-16(11-17(13)26-12-21-24-25-26)22-19(27)14-4-2-5-15(10-14)23-20(28)18-6-3-9-29-18/h2-12H,1H3,(H,22,27)(H,23,28). The van der Waals surface area contributed by atoms with Gasteiger partial charge in [-0.1, -0.05) is 18.2 Å². The predicted molar refractivity (Wildman–Crippen MR) is 111 cm³/mol. The molecule has 0 unspecified atom stereocenters. The Labute approximate surface area is 170 Å². The van der Waals surface area contributed by atoms with E-state index in [-0.39, 0.29) is 11.8 Å². The molecule has 0 saturated heterocycles. The Morgan fingerprint density at radius 1 is 0.966 bits per heavy atom. The van der Waals surface area contributed by atoms with E-state index in [1.165, 1.54) is 22.3 Å². The zero-order valence-electron chi connectivity index (χ0n) is 15.4. The maximum atomic E-state index is 12.7. The SMILES string of the molecule is Cc1ccc(NC(=O)c2cccc(NC(=O)c3cccs3)c2)cc1-n1cnnn1. The van der Waals surface area contributed by atoms with Gasteiger partial charge in [-0.2, -0.15) is 0 Å². The third-order valence-corrected chi connectivity index (χ3v) is 5.06. The molecule has 29 heavy (non-hydrogen) atoms. The lowest BCUT2D eigenvalue weighted by Crippen LogP contribution is -2.14. The van der Waals surface area contributed by atoms with Crippen LogP contribution < -0.4 is 10.6 Å². The van der Waals surface area contributed by atoms with Crippen molar-refractivity contribution in [3.8, 4) is 5.69 Å². The van der Waals surface area contributed by atoms with E-state index in [1.807, 2.05) is 30.5 Å². The van der Waals surface area contributed by atoms with Gasteiger partial charge < -0.3 is 10.6 Å². The molecule has 0 spiro atoms. The van der Waals surface area contributed by atoms with Crippen molar-refractivity contribution >= 4 is 34.5 Å². The number of aryl methyl sites for hydroxylation is 1. The van der Waals surface area contributed by atoms with Crippen molar-refractivity contribution in [2.75, 3.05) is 10.6 Å². The predicted octanol–water partition coefficient (Wildman–Crippen LogP) is 3.54. The number of thiophene rings is 1. The van der Waals surface area contributed by atoms with Gasteiger partial charge in [-0.15, -0.1) is 16.4 Å². The Balaban J connectivity index is 1.50. The van der Waals surface area contributed by atoms with Gasteiger partial charge in [0, 0.05) is 16.9 Å². The lowest BCUT2D eigenvalue weighted by Gasteiger charge is -2.10. The first kappa shape index (κ1) is 18.5. The number of carbonyl (C=O) groups is 2. The second kappa shape index (κ2) is 8.03. The third-order valence-electron chi connectivity index (χ3n) is 4.19. The first-order chi connectivity index (χ1) is 14.1. The molecule has 0 bridgehead atoms. The lowest BCUT2D eigenvalue weighted by atomic mass is 10.1. The molecule has 0 radical (unpaired) electrons. The molecule has 0 aliphatic heterocycles. The highest BCUT2D eigenvalue weighted by molar-refractivity contribution is 7.12. The highest BCUT2D eigenvalue weighted by Crippen LogP contribution is 2.20. The highest BCUT2D eigenvalue weighted by Gasteiger charge is 2.11. The quantitative estimate of drug-likeness (QED) is 0.530. The van der Waals surface area contributed by atoms with E-state index in [2.05, 4.69) is 26.2 Å². The summed E-state index contributed by atoms with van der Waals surface area (Å²) in [4.78, 5) is 25.5. The monoisotopic (exact) mass is 404 g/mol. The van der Waals surface area contributed by atoms with E-state index in [4.69, 9.17) is 0 Å². The summed E-state index contributed by atoms with van der Waals surface area (Å²) >= 11 is 1.36. The largest absolute Gasteiger partial charge is 0.322 e. The van der Waals surface area contributed by atoms with Crippen LogP contribution in [0.4, 0.5) is 11.4 Å². The van der Waals surface area contributed by atoms with Crippen LogP contribution in [0, 0.1) is 6.92 Å². The molecule has 0 aliphatic rings. The van der Waals surface area contributed by atoms with Gasteiger partial charge in [0.1, 0.15) is 6.33 Å². The molecule has 0 atom stereocenters. The van der Waals surface area contributed by atoms with E-state index in [1.54, 1.807) is 36.4 Å². The maximum Gasteiger partial charge on any atom is 0.265 e. The number of carbonyl (C=O) groups excluding carboxylic acids is 2. The minimum absolute atomic E-state index is 0.206. The van der Waals surface area contributed by atoms with Gasteiger partial charge in [-0.05, 0) is 64.7 Å². The van der Waals surface area contributed by atoms with Crippen LogP contribution in [0.15, 0.2) is 66.3 Å². The van der Waals surface area contributed by atoms with Gasteiger partial charge >= 0.3 is 0 Å². The van der Waals surface area contributed by atoms with Crippen molar-refractivity contribution in [1.29, 1.82) is 0 Å². The molecule has 8 nitrogen and oxygen atoms in total. The topological polar surface area (TPSA) is 102 Å². The molecule has 9 heteroatoms. The average Bonchev–Trinajstić information content (AvgIpc) is 3.44. The second-order valence-electron chi connectivity index (χ2n) is 6.22. The number of nitrogens with one attached hydrogen (secondary N) is 2. The number of benzene rings is 2. The fourth-order valence-electron chi connectivity index (χ4n) is 2.75. The average molecular weight is 404 g/mol. The fourth-order valence-corrected chi connectivity index (χ4v) is 3.37. The van der Waals surface area contributed by atoms with Crippen molar-refractivity contribution in [1.82, 2.24) is 20.2 Å². The minimum Gasteiger partial charge on any atom is -0.322 e. The van der Waals surface area contributed by atoms with Crippen molar-refractivity contribution in [3.63, 3.8) is 0 Å². The van der Waals surface area contributed by atoms with Gasteiger partial charge in [-0.3, -0.25) is 9.59 Å². The number of rotatable bonds is 5. The van der Waals surface area contributed by atoms with Crippen LogP contribution in [0.1, 0.15) is 25.6 Å². The van der Waals surface area contributed by atoms with Crippen LogP contribution in [-0.2, 0) is 0 Å². The van der Waals surface area contributed by atoms with Gasteiger partial charge in [0.25, 0.3) is 11.8 Å². The molecule has 0 saturated carbocycles. The van der Waals surface area contributed by atoms with E-state index in [0.29, 0.717) is 21.8 Å². The van der Waals surface area contributed by atoms with Crippen LogP contribution in [-0.4, -0.2) is 32.0 Å². The molecular weight excluding hydrogens is 388 g/mol. The highest BCUT2D eigenvalue weighted by atomic mass is 32.1. The van der Waals surface area contributed by atoms with Crippen molar-refractivity contribution < 1.29 is 9.59 Å². The molecule has 2 aromatic carbocycles. The lowest BCUT2D eigenvalue weighted by molar-refractivity contribution is 0.101. The summed E-state index contributed by atoms with van der Waals surface area (Å²) in [7, 11) is 0. The first-order valence-electron chi connectivity index (χ1n) is 8.70. The summed E-state index contributed by atoms with van der Waals surface area (Å²) < 4.78 is 1.53. The van der Waals surface area contributed by atoms with Crippen molar-refractivity contribution in [3.05, 3.63) is 82.3 Å². The maximum absolute atomic E-state index is 12.7. The molecule has 144 valence electrons. The summed E-state index contributed by atoms with van der Waals surface area (Å²) in [6.45, 7) is 1.93. The summed E-state index contributed by atoms with van der Waals surface area (Å²) in [5.74, 6) is -0.495. The van der Waals surface area contributed by atoms with E-state index in [9.17, 15) is 9.59 Å². The number of anilines is 2. The number of amides is 2. The number of hydrogen-bond acceptors (Lipinski definition) is 6. The molecule has 4 rings (SSSR count). The third kappa shape index (κ3) is 4.19. The molecule has 4 aromatic rings. The summed E-state index contributed by atoms with van der Waals surface area (Å²) in [6, 6.07) is 15.8. The van der Waals surface area contributed by atoms with Gasteiger partial charge in [0.2, 0.25) is 0 Å². The Hall–Kier alpha value is -3.85. The minimum atomic E-state index is -0.288. The normalized spacial score (nSPS) is 10.5. The smallest absolute Gasteiger partial charge is 0.265 e. The van der Waals surface area contributed by atoms with Crippen LogP contribution in [0.25, 0.3) is 5.69 Å². The molecule has 2 aromatic heterocycles. The van der Waals surface area contributed by atoms with E-state index in [0.717, 1.165) is 11.3 Å². The zero-order chi connectivity index (χ0) is 20.2. The second-order valence-corrected chi connectivity index (χ2v) is 7.17. The summed E-state index contributed by atoms with van der Waals surface area (Å²) in [6.07, 6.45) is 1.49. The van der Waals surface area contributed by atoms with Gasteiger partial charge in [0.05, 0.1) is 10.6 Å². The zero-order valence-corrected chi connectivity index (χ0v) is 16.2. The van der Waals surface area contributed by atoms with Gasteiger partial charge in [0.15, 0.2) is 0 Å². The summed E-state index contributed by atoms with van der Waals surface area (Å²) in [5.41, 5.74) is 3.32. The molecular formula is C20H16N6O2S.